The third-order valence-corrected chi connectivity index (χ3v) is 5.63. The van der Waals surface area contributed by atoms with Crippen molar-refractivity contribution >= 4 is 53.5 Å². The molecule has 1 aromatic heterocycles. The van der Waals surface area contributed by atoms with E-state index in [1.807, 2.05) is 28.8 Å². The maximum atomic E-state index is 12.7. The summed E-state index contributed by atoms with van der Waals surface area (Å²) in [6.45, 7) is 3.59. The van der Waals surface area contributed by atoms with Gasteiger partial charge in [-0.05, 0) is 44.3 Å². The van der Waals surface area contributed by atoms with Crippen LogP contribution in [0.5, 0.6) is 0 Å². The molecule has 1 aliphatic rings. The Balaban J connectivity index is 0.00000196. The first kappa shape index (κ1) is 25.0. The van der Waals surface area contributed by atoms with Gasteiger partial charge in [0.1, 0.15) is 12.4 Å². The molecule has 0 radical (unpaired) electrons. The minimum atomic E-state index is 0. The van der Waals surface area contributed by atoms with E-state index in [-0.39, 0.29) is 36.1 Å². The fourth-order valence-electron chi connectivity index (χ4n) is 3.66. The summed E-state index contributed by atoms with van der Waals surface area (Å²) >= 11 is 1.71. The summed E-state index contributed by atoms with van der Waals surface area (Å²) in [6.07, 6.45) is 4.09. The number of carbonyl (C=O) groups excluding carboxylic acids is 1. The highest BCUT2D eigenvalue weighted by Crippen LogP contribution is 2.28. The number of rotatable bonds is 8. The molecule has 0 spiro atoms. The van der Waals surface area contributed by atoms with Crippen molar-refractivity contribution in [3.05, 3.63) is 30.1 Å². The van der Waals surface area contributed by atoms with Crippen molar-refractivity contribution in [2.75, 3.05) is 39.6 Å². The normalized spacial score (nSPS) is 15.5. The van der Waals surface area contributed by atoms with E-state index >= 15 is 0 Å². The van der Waals surface area contributed by atoms with Gasteiger partial charge in [-0.2, -0.15) is 11.8 Å². The van der Waals surface area contributed by atoms with Crippen LogP contribution in [0.3, 0.4) is 0 Å². The van der Waals surface area contributed by atoms with E-state index in [2.05, 4.69) is 21.9 Å². The molecule has 158 valence electrons. The van der Waals surface area contributed by atoms with Gasteiger partial charge in [-0.25, -0.2) is 4.98 Å². The first-order chi connectivity index (χ1) is 12.7. The lowest BCUT2D eigenvalue weighted by Gasteiger charge is -2.37. The quantitative estimate of drug-likeness (QED) is 0.649. The van der Waals surface area contributed by atoms with Crippen molar-refractivity contribution in [1.29, 1.82) is 0 Å². The summed E-state index contributed by atoms with van der Waals surface area (Å²) in [5.74, 6) is 1.77. The zero-order valence-electron chi connectivity index (χ0n) is 16.4. The Morgan fingerprint density at radius 1 is 1.32 bits per heavy atom. The average molecular weight is 449 g/mol. The van der Waals surface area contributed by atoms with Crippen LogP contribution in [-0.2, 0) is 21.8 Å². The predicted octanol–water partition coefficient (Wildman–Crippen LogP) is 2.88. The molecule has 1 amide bonds. The highest BCUT2D eigenvalue weighted by molar-refractivity contribution is 7.97. The van der Waals surface area contributed by atoms with Crippen LogP contribution >= 0.6 is 36.6 Å². The Bertz CT molecular complexity index is 745. The zero-order valence-corrected chi connectivity index (χ0v) is 18.9. The third kappa shape index (κ3) is 6.00. The van der Waals surface area contributed by atoms with E-state index in [0.29, 0.717) is 19.7 Å². The maximum Gasteiger partial charge on any atom is 0.240 e. The van der Waals surface area contributed by atoms with Crippen LogP contribution in [0.2, 0.25) is 0 Å². The summed E-state index contributed by atoms with van der Waals surface area (Å²) < 4.78 is 7.47. The fourth-order valence-corrected chi connectivity index (χ4v) is 4.14. The summed E-state index contributed by atoms with van der Waals surface area (Å²) in [5, 5.41) is 6.53. The average Bonchev–Trinajstić information content (AvgIpc) is 2.99. The highest BCUT2D eigenvalue weighted by atomic mass is 35.5. The topological polar surface area (TPSA) is 68.2 Å². The molecule has 2 N–H and O–H groups in total. The van der Waals surface area contributed by atoms with Crippen LogP contribution in [0.25, 0.3) is 11.0 Å². The first-order valence-electron chi connectivity index (χ1n) is 9.07. The predicted molar refractivity (Wildman–Crippen MR) is 121 cm³/mol. The van der Waals surface area contributed by atoms with Crippen molar-refractivity contribution in [1.82, 2.24) is 20.2 Å². The molecule has 6 nitrogen and oxygen atoms in total. The van der Waals surface area contributed by atoms with Gasteiger partial charge in [0.15, 0.2) is 0 Å². The van der Waals surface area contributed by atoms with Crippen molar-refractivity contribution in [3.63, 3.8) is 0 Å². The number of halogens is 2. The fraction of sp³-hybridized carbons (Fsp3) is 0.579. The number of carbonyl (C=O) groups is 1. The molecular weight excluding hydrogens is 419 g/mol. The van der Waals surface area contributed by atoms with Gasteiger partial charge in [0.2, 0.25) is 5.91 Å². The van der Waals surface area contributed by atoms with E-state index < -0.39 is 0 Å². The molecule has 3 rings (SSSR count). The lowest BCUT2D eigenvalue weighted by Crippen LogP contribution is -2.47. The number of imidazole rings is 1. The Hall–Kier alpha value is -0.990. The lowest BCUT2D eigenvalue weighted by atomic mass is 9.79. The molecule has 0 aliphatic carbocycles. The zero-order chi connectivity index (χ0) is 18.4. The van der Waals surface area contributed by atoms with Crippen LogP contribution in [0.4, 0.5) is 0 Å². The second-order valence-corrected chi connectivity index (χ2v) is 7.86. The SMILES string of the molecule is COCC1(CNC(=O)Cn2c(CSC)nc3ccccc32)CCNCC1.Cl.Cl. The van der Waals surface area contributed by atoms with Gasteiger partial charge in [-0.3, -0.25) is 4.79 Å². The van der Waals surface area contributed by atoms with Crippen molar-refractivity contribution in [3.8, 4) is 0 Å². The number of benzene rings is 1. The molecule has 2 aromatic rings. The molecule has 1 aliphatic heterocycles. The van der Waals surface area contributed by atoms with Crippen LogP contribution in [0.1, 0.15) is 18.7 Å². The molecule has 1 fully saturated rings. The molecule has 28 heavy (non-hydrogen) atoms. The van der Waals surface area contributed by atoms with Crippen LogP contribution in [0.15, 0.2) is 24.3 Å². The minimum Gasteiger partial charge on any atom is -0.384 e. The Morgan fingerprint density at radius 2 is 2.04 bits per heavy atom. The molecule has 2 heterocycles. The van der Waals surface area contributed by atoms with Crippen LogP contribution in [-0.4, -0.2) is 55.1 Å². The van der Waals surface area contributed by atoms with Crippen LogP contribution in [0, 0.1) is 5.41 Å². The number of amides is 1. The Labute approximate surface area is 183 Å². The number of fused-ring (bicyclic) bond motifs is 1. The first-order valence-corrected chi connectivity index (χ1v) is 10.5. The molecule has 9 heteroatoms. The second kappa shape index (κ2) is 11.9. The van der Waals surface area contributed by atoms with Crippen molar-refractivity contribution in [2.24, 2.45) is 5.41 Å². The largest absolute Gasteiger partial charge is 0.384 e. The summed E-state index contributed by atoms with van der Waals surface area (Å²) in [7, 11) is 1.73. The summed E-state index contributed by atoms with van der Waals surface area (Å²) in [6, 6.07) is 7.99. The number of methoxy groups -OCH3 is 1. The standard InChI is InChI=1S/C19H28N4O2S.2ClH/c1-25-14-19(7-9-20-10-8-19)13-21-18(24)11-23-16-6-4-3-5-15(16)22-17(23)12-26-2;;/h3-6,20H,7-14H2,1-2H3,(H,21,24);2*1H. The van der Waals surface area contributed by atoms with Crippen LogP contribution < -0.4 is 10.6 Å². The molecule has 1 saturated heterocycles. The number of para-hydroxylation sites is 2. The van der Waals surface area contributed by atoms with E-state index in [1.165, 1.54) is 0 Å². The van der Waals surface area contributed by atoms with Crippen molar-refractivity contribution in [2.45, 2.75) is 25.1 Å². The van der Waals surface area contributed by atoms with Gasteiger partial charge in [0.05, 0.1) is 23.4 Å². The van der Waals surface area contributed by atoms with Gasteiger partial charge in [-0.1, -0.05) is 12.1 Å². The number of ether oxygens (including phenoxy) is 1. The number of nitrogens with zero attached hydrogens (tertiary/aromatic N) is 2. The smallest absolute Gasteiger partial charge is 0.240 e. The van der Waals surface area contributed by atoms with E-state index in [4.69, 9.17) is 4.74 Å². The van der Waals surface area contributed by atoms with Crippen molar-refractivity contribution < 1.29 is 9.53 Å². The molecule has 1 aromatic carbocycles. The Morgan fingerprint density at radius 3 is 2.71 bits per heavy atom. The molecular formula is C19H30Cl2N4O2S. The summed E-state index contributed by atoms with van der Waals surface area (Å²) in [4.78, 5) is 17.4. The van der Waals surface area contributed by atoms with E-state index in [9.17, 15) is 4.79 Å². The number of hydrogen-bond acceptors (Lipinski definition) is 5. The molecule has 0 saturated carbocycles. The van der Waals surface area contributed by atoms with Gasteiger partial charge >= 0.3 is 0 Å². The van der Waals surface area contributed by atoms with Gasteiger partial charge in [0, 0.05) is 19.1 Å². The Kier molecular flexibility index (Phi) is 10.6. The maximum absolute atomic E-state index is 12.7. The van der Waals surface area contributed by atoms with E-state index in [1.54, 1.807) is 18.9 Å². The number of thioether (sulfide) groups is 1. The van der Waals surface area contributed by atoms with Gasteiger partial charge in [0.25, 0.3) is 0 Å². The summed E-state index contributed by atoms with van der Waals surface area (Å²) in [5.41, 5.74) is 1.99. The minimum absolute atomic E-state index is 0. The third-order valence-electron chi connectivity index (χ3n) is 5.08. The van der Waals surface area contributed by atoms with E-state index in [0.717, 1.165) is 48.5 Å². The van der Waals surface area contributed by atoms with Gasteiger partial charge in [-0.15, -0.1) is 24.8 Å². The highest BCUT2D eigenvalue weighted by Gasteiger charge is 2.32. The number of nitrogens with one attached hydrogen (secondary N) is 2. The molecule has 0 unspecified atom stereocenters. The monoisotopic (exact) mass is 448 g/mol. The number of hydrogen-bond donors (Lipinski definition) is 2. The molecule has 0 bridgehead atoms. The number of piperidine rings is 1. The van der Waals surface area contributed by atoms with Gasteiger partial charge < -0.3 is 19.9 Å². The number of aromatic nitrogens is 2. The lowest BCUT2D eigenvalue weighted by molar-refractivity contribution is -0.122. The second-order valence-electron chi connectivity index (χ2n) is 7.00. The molecule has 0 atom stereocenters.